The molecule has 1 heterocycles. The number of aromatic nitrogens is 2. The SMILES string of the molecule is [c]1ccccc1/C=C/c1n[nH]c2ccccc12. The third-order valence-corrected chi connectivity index (χ3v) is 2.65. The van der Waals surface area contributed by atoms with Crippen LogP contribution in [0.5, 0.6) is 0 Å². The minimum absolute atomic E-state index is 0.956. The minimum atomic E-state index is 0.956. The van der Waals surface area contributed by atoms with Gasteiger partial charge in [0, 0.05) is 5.39 Å². The molecule has 2 aromatic carbocycles. The van der Waals surface area contributed by atoms with Crippen molar-refractivity contribution in [2.45, 2.75) is 0 Å². The summed E-state index contributed by atoms with van der Waals surface area (Å²) in [6.45, 7) is 0. The van der Waals surface area contributed by atoms with Gasteiger partial charge < -0.3 is 0 Å². The number of nitrogens with zero attached hydrogens (tertiary/aromatic N) is 1. The Bertz CT molecular complexity index is 651. The number of rotatable bonds is 2. The molecule has 0 saturated carbocycles. The van der Waals surface area contributed by atoms with Crippen molar-refractivity contribution in [2.75, 3.05) is 0 Å². The second kappa shape index (κ2) is 4.26. The standard InChI is InChI=1S/C15H11N2/c1-2-6-12(7-3-1)10-11-15-13-8-4-5-9-14(13)16-17-15/h1-6,8-11H,(H,16,17)/b11-10+. The van der Waals surface area contributed by atoms with Crippen LogP contribution in [0.15, 0.2) is 48.5 Å². The zero-order valence-corrected chi connectivity index (χ0v) is 9.22. The van der Waals surface area contributed by atoms with Gasteiger partial charge in [-0.05, 0) is 23.8 Å². The molecule has 17 heavy (non-hydrogen) atoms. The Hall–Kier alpha value is -2.35. The molecule has 0 saturated heterocycles. The van der Waals surface area contributed by atoms with E-state index in [9.17, 15) is 0 Å². The first kappa shape index (κ1) is 9.85. The van der Waals surface area contributed by atoms with E-state index in [1.807, 2.05) is 54.6 Å². The van der Waals surface area contributed by atoms with Crippen molar-refractivity contribution in [1.82, 2.24) is 10.2 Å². The smallest absolute Gasteiger partial charge is 0.0927 e. The first-order chi connectivity index (χ1) is 8.43. The van der Waals surface area contributed by atoms with E-state index in [0.29, 0.717) is 0 Å². The van der Waals surface area contributed by atoms with Crippen LogP contribution in [-0.2, 0) is 0 Å². The summed E-state index contributed by atoms with van der Waals surface area (Å²) < 4.78 is 0. The van der Waals surface area contributed by atoms with Crippen LogP contribution >= 0.6 is 0 Å². The summed E-state index contributed by atoms with van der Waals surface area (Å²) in [5.74, 6) is 0. The minimum Gasteiger partial charge on any atom is -0.277 e. The monoisotopic (exact) mass is 219 g/mol. The van der Waals surface area contributed by atoms with Gasteiger partial charge in [0.15, 0.2) is 0 Å². The quantitative estimate of drug-likeness (QED) is 0.701. The Labute approximate surface area is 99.6 Å². The zero-order chi connectivity index (χ0) is 11.5. The van der Waals surface area contributed by atoms with Crippen molar-refractivity contribution in [3.63, 3.8) is 0 Å². The lowest BCUT2D eigenvalue weighted by molar-refractivity contribution is 1.11. The molecule has 0 spiro atoms. The van der Waals surface area contributed by atoms with E-state index in [-0.39, 0.29) is 0 Å². The van der Waals surface area contributed by atoms with Crippen LogP contribution in [0.4, 0.5) is 0 Å². The average Bonchev–Trinajstić information content (AvgIpc) is 2.81. The molecule has 0 atom stereocenters. The summed E-state index contributed by atoms with van der Waals surface area (Å²) in [7, 11) is 0. The predicted molar refractivity (Wildman–Crippen MR) is 70.3 cm³/mol. The van der Waals surface area contributed by atoms with E-state index in [0.717, 1.165) is 22.2 Å². The van der Waals surface area contributed by atoms with E-state index in [1.165, 1.54) is 0 Å². The fourth-order valence-electron chi connectivity index (χ4n) is 1.79. The second-order valence-corrected chi connectivity index (χ2v) is 3.81. The van der Waals surface area contributed by atoms with Crippen molar-refractivity contribution in [3.8, 4) is 0 Å². The number of nitrogens with one attached hydrogen (secondary N) is 1. The summed E-state index contributed by atoms with van der Waals surface area (Å²) >= 11 is 0. The van der Waals surface area contributed by atoms with E-state index in [1.54, 1.807) is 0 Å². The van der Waals surface area contributed by atoms with Gasteiger partial charge in [0.05, 0.1) is 11.2 Å². The van der Waals surface area contributed by atoms with E-state index in [4.69, 9.17) is 0 Å². The fourth-order valence-corrected chi connectivity index (χ4v) is 1.79. The van der Waals surface area contributed by atoms with Crippen molar-refractivity contribution in [2.24, 2.45) is 0 Å². The highest BCUT2D eigenvalue weighted by Gasteiger charge is 2.00. The van der Waals surface area contributed by atoms with E-state index in [2.05, 4.69) is 22.3 Å². The number of hydrogen-bond acceptors (Lipinski definition) is 1. The molecule has 0 aliphatic rings. The molecule has 0 unspecified atom stereocenters. The molecule has 2 heteroatoms. The van der Waals surface area contributed by atoms with Crippen LogP contribution in [0.1, 0.15) is 11.3 Å². The Balaban J connectivity index is 1.98. The third kappa shape index (κ3) is 1.97. The zero-order valence-electron chi connectivity index (χ0n) is 9.22. The highest BCUT2D eigenvalue weighted by atomic mass is 15.1. The second-order valence-electron chi connectivity index (χ2n) is 3.81. The maximum Gasteiger partial charge on any atom is 0.0927 e. The van der Waals surface area contributed by atoms with Crippen LogP contribution in [0.3, 0.4) is 0 Å². The van der Waals surface area contributed by atoms with Gasteiger partial charge in [0.1, 0.15) is 0 Å². The molecule has 0 bridgehead atoms. The maximum atomic E-state index is 4.28. The summed E-state index contributed by atoms with van der Waals surface area (Å²) in [4.78, 5) is 0. The predicted octanol–water partition coefficient (Wildman–Crippen LogP) is 3.53. The lowest BCUT2D eigenvalue weighted by Gasteiger charge is -1.90. The number of aromatic amines is 1. The summed E-state index contributed by atoms with van der Waals surface area (Å²) in [5.41, 5.74) is 3.07. The number of benzene rings is 2. The molecule has 0 aliphatic heterocycles. The van der Waals surface area contributed by atoms with Gasteiger partial charge in [-0.3, -0.25) is 5.10 Å². The summed E-state index contributed by atoms with van der Waals surface area (Å²) in [6.07, 6.45) is 4.02. The van der Waals surface area contributed by atoms with Gasteiger partial charge in [0.2, 0.25) is 0 Å². The highest BCUT2D eigenvalue weighted by molar-refractivity contribution is 5.89. The van der Waals surface area contributed by atoms with Crippen LogP contribution in [0.2, 0.25) is 0 Å². The van der Waals surface area contributed by atoms with E-state index < -0.39 is 0 Å². The van der Waals surface area contributed by atoms with E-state index >= 15 is 0 Å². The molecule has 2 nitrogen and oxygen atoms in total. The van der Waals surface area contributed by atoms with Crippen molar-refractivity contribution < 1.29 is 0 Å². The largest absolute Gasteiger partial charge is 0.277 e. The van der Waals surface area contributed by atoms with Gasteiger partial charge in [-0.1, -0.05) is 48.5 Å². The number of fused-ring (bicyclic) bond motifs is 1. The first-order valence-electron chi connectivity index (χ1n) is 5.51. The Morgan fingerprint density at radius 1 is 1.00 bits per heavy atom. The van der Waals surface area contributed by atoms with Crippen molar-refractivity contribution >= 4 is 23.1 Å². The van der Waals surface area contributed by atoms with Gasteiger partial charge in [0.25, 0.3) is 0 Å². The Morgan fingerprint density at radius 3 is 2.76 bits per heavy atom. The van der Waals surface area contributed by atoms with Gasteiger partial charge in [-0.25, -0.2) is 0 Å². The molecule has 0 amide bonds. The lowest BCUT2D eigenvalue weighted by Crippen LogP contribution is -1.73. The van der Waals surface area contributed by atoms with Crippen LogP contribution < -0.4 is 0 Å². The molecule has 0 aliphatic carbocycles. The Kier molecular flexibility index (Phi) is 2.47. The Morgan fingerprint density at radius 2 is 1.88 bits per heavy atom. The number of hydrogen-bond donors (Lipinski definition) is 1. The van der Waals surface area contributed by atoms with Crippen molar-refractivity contribution in [3.05, 3.63) is 65.9 Å². The third-order valence-electron chi connectivity index (χ3n) is 2.65. The average molecular weight is 219 g/mol. The number of para-hydroxylation sites is 1. The van der Waals surface area contributed by atoms with Gasteiger partial charge in [-0.2, -0.15) is 5.10 Å². The molecule has 3 aromatic rings. The molecule has 1 N–H and O–H groups in total. The fraction of sp³-hybridized carbons (Fsp3) is 0. The van der Waals surface area contributed by atoms with Crippen molar-refractivity contribution in [1.29, 1.82) is 0 Å². The van der Waals surface area contributed by atoms with Crippen LogP contribution in [0.25, 0.3) is 23.1 Å². The summed E-state index contributed by atoms with van der Waals surface area (Å²) in [6, 6.07) is 19.1. The molecule has 0 fully saturated rings. The topological polar surface area (TPSA) is 28.7 Å². The van der Waals surface area contributed by atoms with Crippen LogP contribution in [-0.4, -0.2) is 10.2 Å². The van der Waals surface area contributed by atoms with Crippen LogP contribution in [0, 0.1) is 6.07 Å². The highest BCUT2D eigenvalue weighted by Crippen LogP contribution is 2.17. The van der Waals surface area contributed by atoms with Gasteiger partial charge in [-0.15, -0.1) is 0 Å². The lowest BCUT2D eigenvalue weighted by atomic mass is 10.1. The maximum absolute atomic E-state index is 4.28. The number of H-pyrrole nitrogens is 1. The van der Waals surface area contributed by atoms with Gasteiger partial charge >= 0.3 is 0 Å². The molecule has 1 radical (unpaired) electrons. The summed E-state index contributed by atoms with van der Waals surface area (Å²) in [5, 5.41) is 8.44. The molecular weight excluding hydrogens is 208 g/mol. The molecule has 81 valence electrons. The molecule has 1 aromatic heterocycles. The normalized spacial score (nSPS) is 11.3. The first-order valence-corrected chi connectivity index (χ1v) is 5.51. The molecular formula is C15H11N2. The molecule has 3 rings (SSSR count).